The zero-order valence-corrected chi connectivity index (χ0v) is 8.72. The van der Waals surface area contributed by atoms with Gasteiger partial charge in [-0.05, 0) is 23.8 Å². The van der Waals surface area contributed by atoms with Crippen molar-refractivity contribution in [2.75, 3.05) is 7.11 Å². The number of carbonyl (C=O) groups is 1. The van der Waals surface area contributed by atoms with E-state index in [0.717, 1.165) is 25.3 Å². The highest BCUT2D eigenvalue weighted by Gasteiger charge is 2.33. The van der Waals surface area contributed by atoms with Gasteiger partial charge in [-0.2, -0.15) is 13.2 Å². The van der Waals surface area contributed by atoms with Crippen LogP contribution >= 0.6 is 0 Å². The SMILES string of the molecule is COC(=O)C=Cc1ccc(C(F)(F)F)c(F)c1. The lowest BCUT2D eigenvalue weighted by molar-refractivity contribution is -0.140. The van der Waals surface area contributed by atoms with Gasteiger partial charge in [-0.25, -0.2) is 9.18 Å². The van der Waals surface area contributed by atoms with Crippen LogP contribution in [0, 0.1) is 5.82 Å². The van der Waals surface area contributed by atoms with Gasteiger partial charge in [0.15, 0.2) is 0 Å². The number of methoxy groups -OCH3 is 1. The molecule has 1 rings (SSSR count). The predicted molar refractivity (Wildman–Crippen MR) is 52.5 cm³/mol. The fourth-order valence-corrected chi connectivity index (χ4v) is 1.10. The number of rotatable bonds is 2. The molecule has 0 amide bonds. The van der Waals surface area contributed by atoms with Gasteiger partial charge in [0, 0.05) is 6.08 Å². The van der Waals surface area contributed by atoms with Crippen LogP contribution < -0.4 is 0 Å². The number of hydrogen-bond acceptors (Lipinski definition) is 2. The summed E-state index contributed by atoms with van der Waals surface area (Å²) < 4.78 is 54.0. The van der Waals surface area contributed by atoms with Crippen LogP contribution in [0.1, 0.15) is 11.1 Å². The maximum Gasteiger partial charge on any atom is 0.419 e. The van der Waals surface area contributed by atoms with Gasteiger partial charge in [0.05, 0.1) is 12.7 Å². The van der Waals surface area contributed by atoms with Gasteiger partial charge in [-0.15, -0.1) is 0 Å². The summed E-state index contributed by atoms with van der Waals surface area (Å²) in [5, 5.41) is 0. The number of esters is 1. The van der Waals surface area contributed by atoms with E-state index in [1.807, 2.05) is 0 Å². The third kappa shape index (κ3) is 3.58. The Balaban J connectivity index is 2.98. The molecule has 0 saturated carbocycles. The van der Waals surface area contributed by atoms with Gasteiger partial charge < -0.3 is 4.74 Å². The van der Waals surface area contributed by atoms with Crippen LogP contribution in [0.4, 0.5) is 17.6 Å². The fraction of sp³-hybridized carbons (Fsp3) is 0.182. The molecule has 0 bridgehead atoms. The lowest BCUT2D eigenvalue weighted by Crippen LogP contribution is -2.07. The van der Waals surface area contributed by atoms with Crippen molar-refractivity contribution in [1.82, 2.24) is 0 Å². The van der Waals surface area contributed by atoms with E-state index in [0.29, 0.717) is 12.1 Å². The third-order valence-corrected chi connectivity index (χ3v) is 1.91. The summed E-state index contributed by atoms with van der Waals surface area (Å²) >= 11 is 0. The summed E-state index contributed by atoms with van der Waals surface area (Å²) in [4.78, 5) is 10.7. The first-order valence-electron chi connectivity index (χ1n) is 4.47. The van der Waals surface area contributed by atoms with Crippen molar-refractivity contribution < 1.29 is 27.1 Å². The van der Waals surface area contributed by atoms with E-state index >= 15 is 0 Å². The second-order valence-corrected chi connectivity index (χ2v) is 3.09. The molecule has 0 fully saturated rings. The number of hydrogen-bond donors (Lipinski definition) is 0. The van der Waals surface area contributed by atoms with E-state index in [4.69, 9.17) is 0 Å². The van der Waals surface area contributed by atoms with Crippen molar-refractivity contribution in [2.45, 2.75) is 6.18 Å². The average Bonchev–Trinajstić information content (AvgIpc) is 2.24. The summed E-state index contributed by atoms with van der Waals surface area (Å²) in [6.07, 6.45) is -2.58. The Kier molecular flexibility index (Phi) is 3.88. The van der Waals surface area contributed by atoms with Crippen molar-refractivity contribution >= 4 is 12.0 Å². The number of carbonyl (C=O) groups excluding carboxylic acids is 1. The fourth-order valence-electron chi connectivity index (χ4n) is 1.10. The van der Waals surface area contributed by atoms with Gasteiger partial charge in [0.1, 0.15) is 5.82 Å². The van der Waals surface area contributed by atoms with E-state index in [1.54, 1.807) is 0 Å². The van der Waals surface area contributed by atoms with Crippen molar-refractivity contribution in [3.63, 3.8) is 0 Å². The standard InChI is InChI=1S/C11H8F4O2/c1-17-10(16)5-3-7-2-4-8(9(12)6-7)11(13,14)15/h2-6H,1H3. The highest BCUT2D eigenvalue weighted by molar-refractivity contribution is 5.86. The Bertz CT molecular complexity index is 449. The van der Waals surface area contributed by atoms with Crippen LogP contribution in [0.2, 0.25) is 0 Å². The molecule has 0 aliphatic rings. The maximum absolute atomic E-state index is 13.1. The monoisotopic (exact) mass is 248 g/mol. The van der Waals surface area contributed by atoms with Gasteiger partial charge in [-0.3, -0.25) is 0 Å². The molecule has 0 unspecified atom stereocenters. The lowest BCUT2D eigenvalue weighted by atomic mass is 10.1. The lowest BCUT2D eigenvalue weighted by Gasteiger charge is -2.07. The predicted octanol–water partition coefficient (Wildman–Crippen LogP) is 3.03. The summed E-state index contributed by atoms with van der Waals surface area (Å²) in [5.74, 6) is -2.06. The second kappa shape index (κ2) is 4.99. The van der Waals surface area contributed by atoms with Gasteiger partial charge >= 0.3 is 12.1 Å². The molecule has 1 aromatic rings. The molecular weight excluding hydrogens is 240 g/mol. The zero-order chi connectivity index (χ0) is 13.1. The van der Waals surface area contributed by atoms with Crippen LogP contribution in [0.15, 0.2) is 24.3 Å². The van der Waals surface area contributed by atoms with E-state index in [2.05, 4.69) is 4.74 Å². The van der Waals surface area contributed by atoms with Crippen LogP contribution in [0.3, 0.4) is 0 Å². The minimum Gasteiger partial charge on any atom is -0.466 e. The number of alkyl halides is 3. The van der Waals surface area contributed by atoms with Crippen LogP contribution in [-0.4, -0.2) is 13.1 Å². The highest BCUT2D eigenvalue weighted by atomic mass is 19.4. The minimum atomic E-state index is -4.73. The van der Waals surface area contributed by atoms with Crippen molar-refractivity contribution in [1.29, 1.82) is 0 Å². The molecule has 0 radical (unpaired) electrons. The quantitative estimate of drug-likeness (QED) is 0.457. The molecule has 0 saturated heterocycles. The smallest absolute Gasteiger partial charge is 0.419 e. The Hall–Kier alpha value is -1.85. The molecule has 1 aromatic carbocycles. The Morgan fingerprint density at radius 3 is 2.47 bits per heavy atom. The topological polar surface area (TPSA) is 26.3 Å². The molecule has 0 heterocycles. The Morgan fingerprint density at radius 2 is 2.00 bits per heavy atom. The molecule has 0 atom stereocenters. The molecule has 92 valence electrons. The highest BCUT2D eigenvalue weighted by Crippen LogP contribution is 2.31. The summed E-state index contributed by atoms with van der Waals surface area (Å²) in [7, 11) is 1.15. The summed E-state index contributed by atoms with van der Waals surface area (Å²) in [6.45, 7) is 0. The van der Waals surface area contributed by atoms with Gasteiger partial charge in [0.25, 0.3) is 0 Å². The Labute approximate surface area is 94.5 Å². The van der Waals surface area contributed by atoms with E-state index < -0.39 is 23.5 Å². The molecule has 0 aliphatic heterocycles. The maximum atomic E-state index is 13.1. The average molecular weight is 248 g/mol. The molecule has 0 spiro atoms. The largest absolute Gasteiger partial charge is 0.466 e. The summed E-state index contributed by atoms with van der Waals surface area (Å²) in [5.41, 5.74) is -1.20. The normalized spacial score (nSPS) is 11.8. The first kappa shape index (κ1) is 13.2. The molecule has 6 heteroatoms. The molecule has 0 aliphatic carbocycles. The second-order valence-electron chi connectivity index (χ2n) is 3.09. The Morgan fingerprint density at radius 1 is 1.35 bits per heavy atom. The number of ether oxygens (including phenoxy) is 1. The summed E-state index contributed by atoms with van der Waals surface area (Å²) in [6, 6.07) is 2.37. The zero-order valence-electron chi connectivity index (χ0n) is 8.72. The van der Waals surface area contributed by atoms with Crippen molar-refractivity contribution in [2.24, 2.45) is 0 Å². The van der Waals surface area contributed by atoms with Crippen molar-refractivity contribution in [3.05, 3.63) is 41.2 Å². The van der Waals surface area contributed by atoms with Crippen molar-refractivity contribution in [3.8, 4) is 0 Å². The molecule has 2 nitrogen and oxygen atoms in total. The molecule has 0 aromatic heterocycles. The molecule has 0 N–H and O–H groups in total. The van der Waals surface area contributed by atoms with Crippen LogP contribution in [-0.2, 0) is 15.7 Å². The first-order valence-corrected chi connectivity index (χ1v) is 4.47. The van der Waals surface area contributed by atoms with Gasteiger partial charge in [0.2, 0.25) is 0 Å². The van der Waals surface area contributed by atoms with E-state index in [1.165, 1.54) is 0 Å². The first-order chi connectivity index (χ1) is 7.84. The van der Waals surface area contributed by atoms with E-state index in [9.17, 15) is 22.4 Å². The van der Waals surface area contributed by atoms with Crippen LogP contribution in [0.5, 0.6) is 0 Å². The van der Waals surface area contributed by atoms with Gasteiger partial charge in [-0.1, -0.05) is 6.07 Å². The van der Waals surface area contributed by atoms with E-state index in [-0.39, 0.29) is 5.56 Å². The third-order valence-electron chi connectivity index (χ3n) is 1.91. The van der Waals surface area contributed by atoms with Crippen LogP contribution in [0.25, 0.3) is 6.08 Å². The number of halogens is 4. The number of benzene rings is 1. The molecule has 17 heavy (non-hydrogen) atoms. The molecular formula is C11H8F4O2. The minimum absolute atomic E-state index is 0.140.